The largest absolute Gasteiger partial charge is 0.352 e. The summed E-state index contributed by atoms with van der Waals surface area (Å²) in [5.41, 5.74) is 4.90. The molecule has 35 heavy (non-hydrogen) atoms. The molecule has 2 aromatic carbocycles. The van der Waals surface area contributed by atoms with Crippen molar-refractivity contribution < 1.29 is 9.59 Å². The number of hydrogen-bond donors (Lipinski definition) is 1. The van der Waals surface area contributed by atoms with Crippen molar-refractivity contribution in [1.29, 1.82) is 0 Å². The molecular formula is C29H38N4O2. The lowest BCUT2D eigenvalue weighted by Crippen LogP contribution is -2.39. The van der Waals surface area contributed by atoms with Crippen molar-refractivity contribution in [2.75, 3.05) is 19.6 Å². The Bertz CT molecular complexity index is 1170. The second kappa shape index (κ2) is 11.5. The van der Waals surface area contributed by atoms with E-state index in [0.717, 1.165) is 85.2 Å². The standard InChI is InChI=1S/C29H38N4O2/c1-21-14-17-32(18-15-21)28(34)20-33-26-10-7-6-9-25(26)31-27(33)11-5-4-8-16-30-29(35)24-13-12-22(2)19-23(24)3/h6-7,9-10,12-13,19,21H,4-5,8,11,14-18,20H2,1-3H3,(H,30,35). The topological polar surface area (TPSA) is 67.2 Å². The average Bonchev–Trinajstić information content (AvgIpc) is 3.18. The number of likely N-dealkylation sites (tertiary alicyclic amines) is 1. The summed E-state index contributed by atoms with van der Waals surface area (Å²) in [6, 6.07) is 14.0. The van der Waals surface area contributed by atoms with E-state index in [2.05, 4.69) is 22.9 Å². The number of piperidine rings is 1. The Morgan fingerprint density at radius 3 is 2.57 bits per heavy atom. The van der Waals surface area contributed by atoms with E-state index in [1.54, 1.807) is 0 Å². The summed E-state index contributed by atoms with van der Waals surface area (Å²) in [6.07, 6.45) is 5.88. The van der Waals surface area contributed by atoms with Crippen LogP contribution >= 0.6 is 0 Å². The van der Waals surface area contributed by atoms with Crippen LogP contribution in [0.15, 0.2) is 42.5 Å². The molecule has 1 fully saturated rings. The Labute approximate surface area is 208 Å². The van der Waals surface area contributed by atoms with Crippen molar-refractivity contribution in [2.24, 2.45) is 5.92 Å². The molecule has 0 saturated carbocycles. The first-order chi connectivity index (χ1) is 16.9. The van der Waals surface area contributed by atoms with E-state index in [4.69, 9.17) is 4.98 Å². The van der Waals surface area contributed by atoms with Crippen LogP contribution in [0.5, 0.6) is 0 Å². The minimum absolute atomic E-state index is 0.00471. The monoisotopic (exact) mass is 474 g/mol. The predicted molar refractivity (Wildman–Crippen MR) is 141 cm³/mol. The van der Waals surface area contributed by atoms with Crippen LogP contribution in [0.2, 0.25) is 0 Å². The Kier molecular flexibility index (Phi) is 8.21. The summed E-state index contributed by atoms with van der Waals surface area (Å²) >= 11 is 0. The summed E-state index contributed by atoms with van der Waals surface area (Å²) in [7, 11) is 0. The molecule has 0 radical (unpaired) electrons. The van der Waals surface area contributed by atoms with Gasteiger partial charge in [-0.3, -0.25) is 9.59 Å². The smallest absolute Gasteiger partial charge is 0.251 e. The number of benzene rings is 2. The van der Waals surface area contributed by atoms with Crippen molar-refractivity contribution in [3.05, 3.63) is 65.0 Å². The van der Waals surface area contributed by atoms with Crippen LogP contribution in [0.25, 0.3) is 11.0 Å². The van der Waals surface area contributed by atoms with Crippen LogP contribution < -0.4 is 5.32 Å². The van der Waals surface area contributed by atoms with Gasteiger partial charge in [-0.1, -0.05) is 43.2 Å². The lowest BCUT2D eigenvalue weighted by Gasteiger charge is -2.30. The number of nitrogens with zero attached hydrogens (tertiary/aromatic N) is 3. The van der Waals surface area contributed by atoms with Gasteiger partial charge in [-0.05, 0) is 69.2 Å². The number of aromatic nitrogens is 2. The molecule has 0 unspecified atom stereocenters. The zero-order chi connectivity index (χ0) is 24.8. The van der Waals surface area contributed by atoms with Crippen LogP contribution in [0, 0.1) is 19.8 Å². The maximum atomic E-state index is 13.0. The quantitative estimate of drug-likeness (QED) is 0.441. The Morgan fingerprint density at radius 1 is 1.03 bits per heavy atom. The highest BCUT2D eigenvalue weighted by Crippen LogP contribution is 2.20. The van der Waals surface area contributed by atoms with Crippen LogP contribution in [0.1, 0.15) is 66.3 Å². The maximum absolute atomic E-state index is 13.0. The maximum Gasteiger partial charge on any atom is 0.251 e. The predicted octanol–water partition coefficient (Wildman–Crippen LogP) is 5.05. The molecule has 4 rings (SSSR count). The number of imidazole rings is 1. The van der Waals surface area contributed by atoms with Gasteiger partial charge in [0.15, 0.2) is 0 Å². The van der Waals surface area contributed by atoms with Gasteiger partial charge in [0.1, 0.15) is 12.4 Å². The van der Waals surface area contributed by atoms with Gasteiger partial charge in [-0.15, -0.1) is 0 Å². The van der Waals surface area contributed by atoms with Gasteiger partial charge in [-0.25, -0.2) is 4.98 Å². The number of fused-ring (bicyclic) bond motifs is 1. The summed E-state index contributed by atoms with van der Waals surface area (Å²) in [5.74, 6) is 1.86. The minimum atomic E-state index is -0.00471. The van der Waals surface area contributed by atoms with Crippen molar-refractivity contribution in [3.8, 4) is 0 Å². The third kappa shape index (κ3) is 6.30. The summed E-state index contributed by atoms with van der Waals surface area (Å²) in [4.78, 5) is 32.4. The van der Waals surface area contributed by atoms with Gasteiger partial charge in [0.2, 0.25) is 5.91 Å². The molecule has 2 amide bonds. The lowest BCUT2D eigenvalue weighted by atomic mass is 9.99. The number of unbranched alkanes of at least 4 members (excludes halogenated alkanes) is 2. The molecule has 6 heteroatoms. The second-order valence-electron chi connectivity index (χ2n) is 10.1. The van der Waals surface area contributed by atoms with Gasteiger partial charge < -0.3 is 14.8 Å². The van der Waals surface area contributed by atoms with Crippen LogP contribution in [0.4, 0.5) is 0 Å². The number of para-hydroxylation sites is 2. The molecular weight excluding hydrogens is 436 g/mol. The van der Waals surface area contributed by atoms with Crippen molar-refractivity contribution in [1.82, 2.24) is 19.8 Å². The van der Waals surface area contributed by atoms with E-state index in [1.165, 1.54) is 0 Å². The number of carbonyl (C=O) groups is 2. The Morgan fingerprint density at radius 2 is 1.80 bits per heavy atom. The fourth-order valence-electron chi connectivity index (χ4n) is 4.94. The molecule has 0 atom stereocenters. The molecule has 1 N–H and O–H groups in total. The molecule has 1 saturated heterocycles. The summed E-state index contributed by atoms with van der Waals surface area (Å²) in [5, 5.41) is 3.05. The zero-order valence-electron chi connectivity index (χ0n) is 21.3. The number of nitrogens with one attached hydrogen (secondary N) is 1. The first kappa shape index (κ1) is 25.0. The van der Waals surface area contributed by atoms with E-state index in [-0.39, 0.29) is 11.8 Å². The van der Waals surface area contributed by atoms with E-state index >= 15 is 0 Å². The van der Waals surface area contributed by atoms with Crippen molar-refractivity contribution in [2.45, 2.75) is 65.8 Å². The summed E-state index contributed by atoms with van der Waals surface area (Å²) in [6.45, 7) is 9.01. The Hall–Kier alpha value is -3.15. The van der Waals surface area contributed by atoms with E-state index in [0.29, 0.717) is 19.0 Å². The highest BCUT2D eigenvalue weighted by atomic mass is 16.2. The van der Waals surface area contributed by atoms with Gasteiger partial charge in [0, 0.05) is 31.6 Å². The first-order valence-corrected chi connectivity index (χ1v) is 13.0. The highest BCUT2D eigenvalue weighted by molar-refractivity contribution is 5.95. The molecule has 0 aliphatic carbocycles. The van der Waals surface area contributed by atoms with Gasteiger partial charge in [-0.2, -0.15) is 0 Å². The van der Waals surface area contributed by atoms with Crippen molar-refractivity contribution in [3.63, 3.8) is 0 Å². The van der Waals surface area contributed by atoms with Crippen molar-refractivity contribution >= 4 is 22.8 Å². The van der Waals surface area contributed by atoms with Crippen LogP contribution in [-0.2, 0) is 17.8 Å². The lowest BCUT2D eigenvalue weighted by molar-refractivity contribution is -0.133. The highest BCUT2D eigenvalue weighted by Gasteiger charge is 2.22. The third-order valence-corrected chi connectivity index (χ3v) is 7.15. The number of carbonyl (C=O) groups excluding carboxylic acids is 2. The third-order valence-electron chi connectivity index (χ3n) is 7.15. The number of aryl methyl sites for hydroxylation is 3. The fourth-order valence-corrected chi connectivity index (χ4v) is 4.94. The molecule has 1 aliphatic rings. The molecule has 2 heterocycles. The van der Waals surface area contributed by atoms with Crippen LogP contribution in [-0.4, -0.2) is 45.9 Å². The average molecular weight is 475 g/mol. The molecule has 6 nitrogen and oxygen atoms in total. The normalized spacial score (nSPS) is 14.4. The van der Waals surface area contributed by atoms with Gasteiger partial charge in [0.05, 0.1) is 11.0 Å². The Balaban J connectivity index is 1.29. The fraction of sp³-hybridized carbons (Fsp3) is 0.483. The summed E-state index contributed by atoms with van der Waals surface area (Å²) < 4.78 is 2.11. The molecule has 3 aromatic rings. The van der Waals surface area contributed by atoms with E-state index < -0.39 is 0 Å². The second-order valence-corrected chi connectivity index (χ2v) is 10.1. The molecule has 1 aromatic heterocycles. The van der Waals surface area contributed by atoms with Crippen LogP contribution in [0.3, 0.4) is 0 Å². The number of amides is 2. The molecule has 186 valence electrons. The SMILES string of the molecule is Cc1ccc(C(=O)NCCCCCc2nc3ccccc3n2CC(=O)N2CCC(C)CC2)c(C)c1. The van der Waals surface area contributed by atoms with E-state index in [1.807, 2.05) is 55.1 Å². The first-order valence-electron chi connectivity index (χ1n) is 13.0. The van der Waals surface area contributed by atoms with Gasteiger partial charge >= 0.3 is 0 Å². The number of rotatable bonds is 9. The molecule has 1 aliphatic heterocycles. The zero-order valence-corrected chi connectivity index (χ0v) is 21.3. The molecule has 0 spiro atoms. The van der Waals surface area contributed by atoms with E-state index in [9.17, 15) is 9.59 Å². The minimum Gasteiger partial charge on any atom is -0.352 e. The van der Waals surface area contributed by atoms with Gasteiger partial charge in [0.25, 0.3) is 5.91 Å². The molecule has 0 bridgehead atoms. The number of hydrogen-bond acceptors (Lipinski definition) is 3.